The normalized spacial score (nSPS) is 30.3. The second-order valence-electron chi connectivity index (χ2n) is 1.74. The van der Waals surface area contributed by atoms with Gasteiger partial charge in [-0.15, -0.1) is 0 Å². The molecular formula is C4H9GaO. The van der Waals surface area contributed by atoms with Crippen LogP contribution in [0, 0.1) is 0 Å². The molecule has 1 atom stereocenters. The summed E-state index contributed by atoms with van der Waals surface area (Å²) in [6.45, 7) is 1.05. The molecule has 1 aliphatic heterocycles. The van der Waals surface area contributed by atoms with E-state index in [2.05, 4.69) is 0 Å². The summed E-state index contributed by atoms with van der Waals surface area (Å²) in [7, 11) is 0. The van der Waals surface area contributed by atoms with Gasteiger partial charge in [0, 0.05) is 0 Å². The molecule has 1 fully saturated rings. The Bertz CT molecular complexity index is 42.8. The molecule has 6 heavy (non-hydrogen) atoms. The van der Waals surface area contributed by atoms with Crippen molar-refractivity contribution in [3.05, 3.63) is 0 Å². The summed E-state index contributed by atoms with van der Waals surface area (Å²) in [4.78, 5) is 1.46. The predicted octanol–water partition coefficient (Wildman–Crippen LogP) is -0.173. The summed E-state index contributed by atoms with van der Waals surface area (Å²) in [5, 5.41) is 0. The van der Waals surface area contributed by atoms with Crippen LogP contribution in [0.2, 0.25) is 4.98 Å². The minimum absolute atomic E-state index is 0.695. The van der Waals surface area contributed by atoms with E-state index in [-0.39, 0.29) is 0 Å². The summed E-state index contributed by atoms with van der Waals surface area (Å²) in [5.41, 5.74) is 0. The molecule has 0 N–H and O–H groups in total. The number of epoxide rings is 1. The molecular weight excluding hydrogens is 134 g/mol. The Kier molecular flexibility index (Phi) is 1.62. The van der Waals surface area contributed by atoms with Gasteiger partial charge in [-0.25, -0.2) is 0 Å². The van der Waals surface area contributed by atoms with Crippen LogP contribution in [0.25, 0.3) is 0 Å². The van der Waals surface area contributed by atoms with Crippen LogP contribution in [-0.2, 0) is 4.74 Å². The molecule has 2 heteroatoms. The molecule has 1 nitrogen and oxygen atoms in total. The molecule has 0 aromatic rings. The van der Waals surface area contributed by atoms with Crippen LogP contribution in [0.4, 0.5) is 0 Å². The number of rotatable bonds is 2. The second-order valence-corrected chi connectivity index (χ2v) is 3.84. The van der Waals surface area contributed by atoms with Crippen molar-refractivity contribution in [3.63, 3.8) is 0 Å². The topological polar surface area (TPSA) is 12.5 Å². The summed E-state index contributed by atoms with van der Waals surface area (Å²) < 4.78 is 4.98. The van der Waals surface area contributed by atoms with E-state index in [1.54, 1.807) is 0 Å². The SMILES string of the molecule is [GaH2][CH2]CC1CO1. The molecule has 1 heterocycles. The summed E-state index contributed by atoms with van der Waals surface area (Å²) in [6, 6.07) is 0. The first-order valence-electron chi connectivity index (χ1n) is 2.55. The van der Waals surface area contributed by atoms with Gasteiger partial charge in [0.05, 0.1) is 0 Å². The van der Waals surface area contributed by atoms with Gasteiger partial charge in [0.15, 0.2) is 0 Å². The van der Waals surface area contributed by atoms with Crippen molar-refractivity contribution in [1.82, 2.24) is 0 Å². The third-order valence-electron chi connectivity index (χ3n) is 1.01. The second kappa shape index (κ2) is 2.05. The Morgan fingerprint density at radius 3 is 2.67 bits per heavy atom. The van der Waals surface area contributed by atoms with E-state index in [1.165, 1.54) is 11.4 Å². The monoisotopic (exact) mass is 142 g/mol. The van der Waals surface area contributed by atoms with Crippen molar-refractivity contribution in [1.29, 1.82) is 0 Å². The maximum atomic E-state index is 4.98. The first-order valence-corrected chi connectivity index (χ1v) is 5.52. The van der Waals surface area contributed by atoms with Gasteiger partial charge in [-0.2, -0.15) is 0 Å². The van der Waals surface area contributed by atoms with E-state index in [9.17, 15) is 0 Å². The van der Waals surface area contributed by atoms with Gasteiger partial charge in [0.1, 0.15) is 0 Å². The molecule has 34 valence electrons. The Morgan fingerprint density at radius 2 is 2.50 bits per heavy atom. The van der Waals surface area contributed by atoms with Crippen LogP contribution in [0.1, 0.15) is 6.42 Å². The fourth-order valence-corrected chi connectivity index (χ4v) is 1.91. The molecule has 0 radical (unpaired) electrons. The van der Waals surface area contributed by atoms with Gasteiger partial charge in [0.2, 0.25) is 0 Å². The molecule has 0 aliphatic carbocycles. The molecule has 0 bridgehead atoms. The summed E-state index contributed by atoms with van der Waals surface area (Å²) in [5.74, 6) is 0. The van der Waals surface area contributed by atoms with E-state index >= 15 is 0 Å². The van der Waals surface area contributed by atoms with Crippen molar-refractivity contribution >= 4 is 18.6 Å². The maximum absolute atomic E-state index is 4.98. The Morgan fingerprint density at radius 1 is 1.83 bits per heavy atom. The van der Waals surface area contributed by atoms with Crippen molar-refractivity contribution in [2.45, 2.75) is 17.5 Å². The van der Waals surface area contributed by atoms with Crippen LogP contribution in [0.15, 0.2) is 0 Å². The van der Waals surface area contributed by atoms with Gasteiger partial charge in [-0.3, -0.25) is 0 Å². The van der Waals surface area contributed by atoms with Crippen molar-refractivity contribution in [2.24, 2.45) is 0 Å². The van der Waals surface area contributed by atoms with E-state index in [4.69, 9.17) is 4.74 Å². The van der Waals surface area contributed by atoms with Crippen LogP contribution in [0.5, 0.6) is 0 Å². The number of ether oxygens (including phenoxy) is 1. The zero-order chi connectivity index (χ0) is 4.41. The molecule has 1 aliphatic rings. The van der Waals surface area contributed by atoms with Gasteiger partial charge < -0.3 is 0 Å². The van der Waals surface area contributed by atoms with Gasteiger partial charge >= 0.3 is 47.4 Å². The fourth-order valence-electron chi connectivity index (χ4n) is 0.557. The van der Waals surface area contributed by atoms with E-state index in [1.807, 2.05) is 0 Å². The first kappa shape index (κ1) is 4.75. The van der Waals surface area contributed by atoms with Crippen LogP contribution < -0.4 is 0 Å². The number of hydrogen-bond donors (Lipinski definition) is 0. The van der Waals surface area contributed by atoms with E-state index in [0.29, 0.717) is 6.10 Å². The van der Waals surface area contributed by atoms with Gasteiger partial charge in [-0.1, -0.05) is 0 Å². The molecule has 0 amide bonds. The van der Waals surface area contributed by atoms with Crippen LogP contribution >= 0.6 is 0 Å². The molecule has 0 saturated carbocycles. The van der Waals surface area contributed by atoms with Crippen molar-refractivity contribution < 1.29 is 4.74 Å². The third-order valence-corrected chi connectivity index (χ3v) is 2.22. The van der Waals surface area contributed by atoms with E-state index < -0.39 is 0 Å². The predicted molar refractivity (Wildman–Crippen MR) is 27.7 cm³/mol. The molecule has 1 unspecified atom stereocenters. The summed E-state index contributed by atoms with van der Waals surface area (Å²) in [6.07, 6.45) is 2.04. The quantitative estimate of drug-likeness (QED) is 0.386. The van der Waals surface area contributed by atoms with Crippen LogP contribution in [0.3, 0.4) is 0 Å². The Labute approximate surface area is 48.0 Å². The van der Waals surface area contributed by atoms with Gasteiger partial charge in [0.25, 0.3) is 0 Å². The molecule has 1 rings (SSSR count). The zero-order valence-corrected chi connectivity index (χ0v) is 8.30. The summed E-state index contributed by atoms with van der Waals surface area (Å²) >= 11 is 1.05. The molecule has 0 spiro atoms. The van der Waals surface area contributed by atoms with Crippen molar-refractivity contribution in [3.8, 4) is 0 Å². The van der Waals surface area contributed by atoms with Crippen molar-refractivity contribution in [2.75, 3.05) is 6.61 Å². The molecule has 1 saturated heterocycles. The Hall–Kier alpha value is 0.596. The third kappa shape index (κ3) is 1.37. The fraction of sp³-hybridized carbons (Fsp3) is 1.00. The van der Waals surface area contributed by atoms with Crippen LogP contribution in [-0.4, -0.2) is 31.3 Å². The first-order chi connectivity index (χ1) is 2.93. The average Bonchev–Trinajstić information content (AvgIpc) is 2.21. The molecule has 0 aromatic heterocycles. The number of hydrogen-bond acceptors (Lipinski definition) is 1. The zero-order valence-electron chi connectivity index (χ0n) is 4.11. The van der Waals surface area contributed by atoms with E-state index in [0.717, 1.165) is 25.2 Å². The minimum atomic E-state index is 0.695. The standard InChI is InChI=1S/C4H7O.Ga.2H/c1-2-4-3-5-4;;;/h4H,1-3H2;;;. The molecule has 0 aromatic carbocycles. The Balaban J connectivity index is 1.88. The average molecular weight is 143 g/mol. The van der Waals surface area contributed by atoms with Gasteiger partial charge in [-0.05, 0) is 0 Å².